The molecular formula is C15H16N3O4-. The average molecular weight is 302 g/mol. The number of carboxylic acids is 1. The summed E-state index contributed by atoms with van der Waals surface area (Å²) in [6, 6.07) is 6.25. The van der Waals surface area contributed by atoms with Crippen molar-refractivity contribution < 1.29 is 19.5 Å². The lowest BCUT2D eigenvalue weighted by atomic mass is 10.1. The van der Waals surface area contributed by atoms with Gasteiger partial charge in [0.15, 0.2) is 0 Å². The van der Waals surface area contributed by atoms with E-state index < -0.39 is 23.8 Å². The number of aromatic amines is 1. The van der Waals surface area contributed by atoms with Crippen molar-refractivity contribution in [3.05, 3.63) is 36.0 Å². The largest absolute Gasteiger partial charge is 0.548 e. The maximum atomic E-state index is 12.0. The molecule has 0 bridgehead atoms. The SMILES string of the molecule is NC(=O)CC[C@H](NC(=O)Cc1c[nH]c2ccccc12)C(=O)[O-]. The molecule has 1 atom stereocenters. The number of aromatic nitrogens is 1. The van der Waals surface area contributed by atoms with E-state index in [1.165, 1.54) is 0 Å². The third kappa shape index (κ3) is 3.85. The summed E-state index contributed by atoms with van der Waals surface area (Å²) in [5.74, 6) is -2.52. The van der Waals surface area contributed by atoms with Crippen molar-refractivity contribution in [3.63, 3.8) is 0 Å². The van der Waals surface area contributed by atoms with Crippen LogP contribution in [0.4, 0.5) is 0 Å². The summed E-state index contributed by atoms with van der Waals surface area (Å²) in [6.07, 6.45) is 1.52. The van der Waals surface area contributed by atoms with Gasteiger partial charge < -0.3 is 25.9 Å². The summed E-state index contributed by atoms with van der Waals surface area (Å²) in [7, 11) is 0. The van der Waals surface area contributed by atoms with E-state index in [4.69, 9.17) is 5.73 Å². The first-order valence-electron chi connectivity index (χ1n) is 6.81. The van der Waals surface area contributed by atoms with E-state index in [0.29, 0.717) is 0 Å². The van der Waals surface area contributed by atoms with Gasteiger partial charge >= 0.3 is 0 Å². The van der Waals surface area contributed by atoms with Crippen molar-refractivity contribution in [1.82, 2.24) is 10.3 Å². The molecule has 7 heteroatoms. The number of carbonyl (C=O) groups excluding carboxylic acids is 3. The fourth-order valence-corrected chi connectivity index (χ4v) is 2.23. The predicted molar refractivity (Wildman–Crippen MR) is 77.4 cm³/mol. The highest BCUT2D eigenvalue weighted by atomic mass is 16.4. The summed E-state index contributed by atoms with van der Waals surface area (Å²) in [5.41, 5.74) is 6.64. The number of amides is 2. The Morgan fingerprint density at radius 1 is 1.27 bits per heavy atom. The molecule has 2 rings (SSSR count). The van der Waals surface area contributed by atoms with Crippen molar-refractivity contribution >= 4 is 28.7 Å². The minimum absolute atomic E-state index is 0.0321. The lowest BCUT2D eigenvalue weighted by molar-refractivity contribution is -0.308. The quantitative estimate of drug-likeness (QED) is 0.619. The standard InChI is InChI=1S/C15H17N3O4/c16-13(19)6-5-12(15(21)22)18-14(20)7-9-8-17-11-4-2-1-3-10(9)11/h1-4,8,12,17H,5-7H2,(H2,16,19)(H,18,20)(H,21,22)/p-1/t12-/m0/s1. The molecule has 0 saturated heterocycles. The maximum Gasteiger partial charge on any atom is 0.225 e. The zero-order valence-corrected chi connectivity index (χ0v) is 11.8. The fourth-order valence-electron chi connectivity index (χ4n) is 2.23. The number of carboxylic acid groups (broad SMARTS) is 1. The van der Waals surface area contributed by atoms with Crippen molar-refractivity contribution in [2.24, 2.45) is 5.73 Å². The Hall–Kier alpha value is -2.83. The normalized spacial score (nSPS) is 12.0. The van der Waals surface area contributed by atoms with E-state index in [9.17, 15) is 19.5 Å². The second-order valence-electron chi connectivity index (χ2n) is 4.98. The summed E-state index contributed by atoms with van der Waals surface area (Å²) in [4.78, 5) is 36.7. The Kier molecular flexibility index (Phi) is 4.77. The molecule has 2 amide bonds. The van der Waals surface area contributed by atoms with Crippen LogP contribution in [0, 0.1) is 0 Å². The number of carbonyl (C=O) groups is 3. The topological polar surface area (TPSA) is 128 Å². The number of hydrogen-bond donors (Lipinski definition) is 3. The summed E-state index contributed by atoms with van der Waals surface area (Å²) >= 11 is 0. The van der Waals surface area contributed by atoms with E-state index in [1.54, 1.807) is 6.20 Å². The van der Waals surface area contributed by atoms with Gasteiger partial charge in [0, 0.05) is 23.5 Å². The van der Waals surface area contributed by atoms with Gasteiger partial charge in [-0.3, -0.25) is 9.59 Å². The molecule has 2 aromatic rings. The first-order valence-corrected chi connectivity index (χ1v) is 6.81. The summed E-state index contributed by atoms with van der Waals surface area (Å²) < 4.78 is 0. The molecule has 0 aliphatic heterocycles. The molecule has 0 unspecified atom stereocenters. The number of H-pyrrole nitrogens is 1. The Labute approximate surface area is 126 Å². The number of fused-ring (bicyclic) bond motifs is 1. The van der Waals surface area contributed by atoms with Crippen LogP contribution in [-0.4, -0.2) is 28.8 Å². The summed E-state index contributed by atoms with van der Waals surface area (Å²) in [6.45, 7) is 0. The third-order valence-electron chi connectivity index (χ3n) is 3.33. The van der Waals surface area contributed by atoms with Crippen LogP contribution in [-0.2, 0) is 20.8 Å². The van der Waals surface area contributed by atoms with E-state index in [1.807, 2.05) is 24.3 Å². The van der Waals surface area contributed by atoms with Crippen LogP contribution in [0.3, 0.4) is 0 Å². The van der Waals surface area contributed by atoms with Crippen LogP contribution >= 0.6 is 0 Å². The number of hydrogen-bond acceptors (Lipinski definition) is 4. The van der Waals surface area contributed by atoms with Gasteiger partial charge in [-0.25, -0.2) is 0 Å². The van der Waals surface area contributed by atoms with Gasteiger partial charge in [-0.2, -0.15) is 0 Å². The third-order valence-corrected chi connectivity index (χ3v) is 3.33. The zero-order valence-electron chi connectivity index (χ0n) is 11.8. The van der Waals surface area contributed by atoms with Gasteiger partial charge in [0.2, 0.25) is 11.8 Å². The predicted octanol–water partition coefficient (Wildman–Crippen LogP) is -0.789. The van der Waals surface area contributed by atoms with Gasteiger partial charge in [-0.05, 0) is 18.1 Å². The molecule has 0 spiro atoms. The molecule has 1 heterocycles. The second-order valence-corrected chi connectivity index (χ2v) is 4.98. The Bertz CT molecular complexity index is 708. The second kappa shape index (κ2) is 6.75. The van der Waals surface area contributed by atoms with Gasteiger partial charge in [0.1, 0.15) is 0 Å². The van der Waals surface area contributed by atoms with Crippen LogP contribution in [0.2, 0.25) is 0 Å². The number of aliphatic carboxylic acids is 1. The van der Waals surface area contributed by atoms with Crippen LogP contribution in [0.25, 0.3) is 10.9 Å². The Morgan fingerprint density at radius 3 is 2.68 bits per heavy atom. The van der Waals surface area contributed by atoms with Crippen LogP contribution in [0.1, 0.15) is 18.4 Å². The molecular weight excluding hydrogens is 286 g/mol. The molecule has 22 heavy (non-hydrogen) atoms. The fraction of sp³-hybridized carbons (Fsp3) is 0.267. The molecule has 0 fully saturated rings. The molecule has 116 valence electrons. The molecule has 4 N–H and O–H groups in total. The molecule has 7 nitrogen and oxygen atoms in total. The number of nitrogens with one attached hydrogen (secondary N) is 2. The monoisotopic (exact) mass is 302 g/mol. The average Bonchev–Trinajstić information content (AvgIpc) is 2.86. The highest BCUT2D eigenvalue weighted by Gasteiger charge is 2.16. The minimum Gasteiger partial charge on any atom is -0.548 e. The molecule has 1 aromatic carbocycles. The smallest absolute Gasteiger partial charge is 0.225 e. The van der Waals surface area contributed by atoms with E-state index >= 15 is 0 Å². The number of rotatable bonds is 7. The molecule has 0 radical (unpaired) electrons. The maximum absolute atomic E-state index is 12.0. The molecule has 1 aromatic heterocycles. The molecule has 0 saturated carbocycles. The minimum atomic E-state index is -1.44. The van der Waals surface area contributed by atoms with Crippen LogP contribution < -0.4 is 16.2 Å². The zero-order chi connectivity index (χ0) is 16.1. The summed E-state index contributed by atoms with van der Waals surface area (Å²) in [5, 5.41) is 14.2. The number of primary amides is 1. The van der Waals surface area contributed by atoms with Crippen molar-refractivity contribution in [3.8, 4) is 0 Å². The van der Waals surface area contributed by atoms with E-state index in [0.717, 1.165) is 16.5 Å². The van der Waals surface area contributed by atoms with Gasteiger partial charge in [-0.1, -0.05) is 18.2 Å². The number of nitrogens with two attached hydrogens (primary N) is 1. The van der Waals surface area contributed by atoms with E-state index in [-0.39, 0.29) is 19.3 Å². The highest BCUT2D eigenvalue weighted by Crippen LogP contribution is 2.18. The lowest BCUT2D eigenvalue weighted by Crippen LogP contribution is -2.48. The van der Waals surface area contributed by atoms with Gasteiger partial charge in [0.05, 0.1) is 18.4 Å². The van der Waals surface area contributed by atoms with Crippen LogP contribution in [0.5, 0.6) is 0 Å². The van der Waals surface area contributed by atoms with Crippen LogP contribution in [0.15, 0.2) is 30.5 Å². The lowest BCUT2D eigenvalue weighted by Gasteiger charge is -2.19. The van der Waals surface area contributed by atoms with Crippen molar-refractivity contribution in [2.45, 2.75) is 25.3 Å². The molecule has 0 aliphatic carbocycles. The van der Waals surface area contributed by atoms with Crippen molar-refractivity contribution in [2.75, 3.05) is 0 Å². The van der Waals surface area contributed by atoms with Crippen molar-refractivity contribution in [1.29, 1.82) is 0 Å². The first-order chi connectivity index (χ1) is 10.5. The Morgan fingerprint density at radius 2 is 2.00 bits per heavy atom. The molecule has 0 aliphatic rings. The number of benzene rings is 1. The van der Waals surface area contributed by atoms with E-state index in [2.05, 4.69) is 10.3 Å². The first kappa shape index (κ1) is 15.6. The highest BCUT2D eigenvalue weighted by molar-refractivity contribution is 5.90. The number of para-hydroxylation sites is 1. The Balaban J connectivity index is 2.01. The van der Waals surface area contributed by atoms with Gasteiger partial charge in [0.25, 0.3) is 0 Å². The van der Waals surface area contributed by atoms with Gasteiger partial charge in [-0.15, -0.1) is 0 Å².